The molecule has 2 heterocycles. The van der Waals surface area contributed by atoms with E-state index in [-0.39, 0.29) is 5.91 Å². The Bertz CT molecular complexity index is 1130. The van der Waals surface area contributed by atoms with E-state index in [1.807, 2.05) is 53.1 Å². The summed E-state index contributed by atoms with van der Waals surface area (Å²) in [6.45, 7) is 0.928. The molecule has 164 valence electrons. The third kappa shape index (κ3) is 6.13. The Balaban J connectivity index is 1.39. The zero-order valence-electron chi connectivity index (χ0n) is 17.2. The largest absolute Gasteiger partial charge is 0.467 e. The van der Waals surface area contributed by atoms with Gasteiger partial charge < -0.3 is 15.1 Å². The number of nitrogens with one attached hydrogen (secondary N) is 2. The number of hydrogen-bond donors (Lipinski definition) is 2. The van der Waals surface area contributed by atoms with Gasteiger partial charge in [0.1, 0.15) is 5.76 Å². The van der Waals surface area contributed by atoms with Crippen LogP contribution in [0.25, 0.3) is 5.69 Å². The van der Waals surface area contributed by atoms with Crippen LogP contribution in [0.1, 0.15) is 18.0 Å². The molecule has 2 aromatic heterocycles. The van der Waals surface area contributed by atoms with Crippen LogP contribution >= 0.6 is 34.4 Å². The van der Waals surface area contributed by atoms with Gasteiger partial charge in [-0.25, -0.2) is 0 Å². The predicted octanol–water partition coefficient (Wildman–Crippen LogP) is 4.88. The first kappa shape index (κ1) is 22.4. The lowest BCUT2D eigenvalue weighted by Gasteiger charge is -2.11. The van der Waals surface area contributed by atoms with E-state index in [0.717, 1.165) is 28.1 Å². The molecule has 32 heavy (non-hydrogen) atoms. The van der Waals surface area contributed by atoms with Gasteiger partial charge in [0.15, 0.2) is 11.0 Å². The smallest absolute Gasteiger partial charge is 0.221 e. The van der Waals surface area contributed by atoms with Crippen LogP contribution in [-0.2, 0) is 17.9 Å². The minimum absolute atomic E-state index is 0.0275. The number of anilines is 1. The Morgan fingerprint density at radius 2 is 1.81 bits per heavy atom. The molecule has 4 rings (SSSR count). The number of benzene rings is 2. The fraction of sp³-hybridized carbons (Fsp3) is 0.174. The van der Waals surface area contributed by atoms with Gasteiger partial charge in [-0.15, -0.1) is 10.2 Å². The van der Waals surface area contributed by atoms with Crippen molar-refractivity contribution < 1.29 is 9.21 Å². The van der Waals surface area contributed by atoms with Crippen molar-refractivity contribution >= 4 is 45.9 Å². The second kappa shape index (κ2) is 11.2. The second-order valence-corrected chi connectivity index (χ2v) is 9.19. The topological polar surface area (TPSA) is 85.0 Å². The molecule has 0 spiro atoms. The van der Waals surface area contributed by atoms with Crippen LogP contribution in [0.4, 0.5) is 5.69 Å². The van der Waals surface area contributed by atoms with E-state index < -0.39 is 0 Å². The number of amides is 1. The Morgan fingerprint density at radius 3 is 2.56 bits per heavy atom. The molecule has 0 fully saturated rings. The van der Waals surface area contributed by atoms with Crippen molar-refractivity contribution in [3.63, 3.8) is 0 Å². The first-order valence-electron chi connectivity index (χ1n) is 10.1. The highest BCUT2D eigenvalue weighted by Crippen LogP contribution is 2.23. The van der Waals surface area contributed by atoms with Crippen molar-refractivity contribution in [1.29, 1.82) is 0 Å². The zero-order chi connectivity index (χ0) is 22.2. The fourth-order valence-electron chi connectivity index (χ4n) is 3.02. The van der Waals surface area contributed by atoms with Gasteiger partial charge in [-0.05, 0) is 71.1 Å². The SMILES string of the molecule is O=C(CCSc1nnc(CNc2ccc(I)cc2)n1-c1ccccc1)NCc1ccco1. The summed E-state index contributed by atoms with van der Waals surface area (Å²) in [7, 11) is 0. The molecule has 0 radical (unpaired) electrons. The molecule has 4 aromatic rings. The molecule has 0 saturated carbocycles. The minimum Gasteiger partial charge on any atom is -0.467 e. The molecule has 0 bridgehead atoms. The number of thioether (sulfide) groups is 1. The van der Waals surface area contributed by atoms with E-state index >= 15 is 0 Å². The number of furan rings is 1. The maximum atomic E-state index is 12.2. The van der Waals surface area contributed by atoms with E-state index in [9.17, 15) is 4.79 Å². The molecule has 0 aliphatic carbocycles. The maximum absolute atomic E-state index is 12.2. The number of carbonyl (C=O) groups is 1. The summed E-state index contributed by atoms with van der Waals surface area (Å²) in [6.07, 6.45) is 1.97. The molecule has 0 saturated heterocycles. The molecule has 0 atom stereocenters. The van der Waals surface area contributed by atoms with Gasteiger partial charge in [0.05, 0.1) is 19.4 Å². The predicted molar refractivity (Wildman–Crippen MR) is 134 cm³/mol. The highest BCUT2D eigenvalue weighted by Gasteiger charge is 2.15. The Kier molecular flexibility index (Phi) is 7.83. The van der Waals surface area contributed by atoms with Gasteiger partial charge in [0.2, 0.25) is 5.91 Å². The molecular weight excluding hydrogens is 537 g/mol. The van der Waals surface area contributed by atoms with Crippen molar-refractivity contribution in [3.05, 3.63) is 88.1 Å². The Labute approximate surface area is 204 Å². The molecule has 0 unspecified atom stereocenters. The van der Waals surface area contributed by atoms with Crippen molar-refractivity contribution in [2.24, 2.45) is 0 Å². The maximum Gasteiger partial charge on any atom is 0.221 e. The molecule has 0 aliphatic heterocycles. The summed E-state index contributed by atoms with van der Waals surface area (Å²) in [5, 5.41) is 15.8. The summed E-state index contributed by atoms with van der Waals surface area (Å²) >= 11 is 3.80. The number of para-hydroxylation sites is 1. The molecular formula is C23H22IN5O2S. The summed E-state index contributed by atoms with van der Waals surface area (Å²) in [4.78, 5) is 12.2. The molecule has 9 heteroatoms. The number of nitrogens with zero attached hydrogens (tertiary/aromatic N) is 3. The lowest BCUT2D eigenvalue weighted by molar-refractivity contribution is -0.120. The van der Waals surface area contributed by atoms with Crippen LogP contribution in [0.2, 0.25) is 0 Å². The average Bonchev–Trinajstić information content (AvgIpc) is 3.48. The monoisotopic (exact) mass is 559 g/mol. The lowest BCUT2D eigenvalue weighted by atomic mass is 10.3. The Hall–Kier alpha value is -2.79. The molecule has 0 aliphatic rings. The standard InChI is InChI=1S/C23H22IN5O2S/c24-17-8-10-18(11-9-17)25-16-21-27-28-23(29(21)19-5-2-1-3-6-19)32-14-12-22(30)26-15-20-7-4-13-31-20/h1-11,13,25H,12,14-16H2,(H,26,30). The lowest BCUT2D eigenvalue weighted by Crippen LogP contribution is -2.22. The number of aromatic nitrogens is 3. The van der Waals surface area contributed by atoms with E-state index in [0.29, 0.717) is 25.3 Å². The second-order valence-electron chi connectivity index (χ2n) is 6.88. The van der Waals surface area contributed by atoms with Crippen molar-refractivity contribution in [3.8, 4) is 5.69 Å². The van der Waals surface area contributed by atoms with Crippen LogP contribution in [0.15, 0.2) is 82.6 Å². The van der Waals surface area contributed by atoms with Gasteiger partial charge >= 0.3 is 0 Å². The first-order valence-corrected chi connectivity index (χ1v) is 12.2. The number of hydrogen-bond acceptors (Lipinski definition) is 6. The van der Waals surface area contributed by atoms with E-state index in [2.05, 4.69) is 55.6 Å². The number of halogens is 1. The zero-order valence-corrected chi connectivity index (χ0v) is 20.2. The van der Waals surface area contributed by atoms with Crippen LogP contribution < -0.4 is 10.6 Å². The van der Waals surface area contributed by atoms with Crippen LogP contribution in [0.5, 0.6) is 0 Å². The highest BCUT2D eigenvalue weighted by atomic mass is 127. The third-order valence-corrected chi connectivity index (χ3v) is 6.26. The van der Waals surface area contributed by atoms with Gasteiger partial charge in [0.25, 0.3) is 0 Å². The summed E-state index contributed by atoms with van der Waals surface area (Å²) in [5.41, 5.74) is 2.01. The highest BCUT2D eigenvalue weighted by molar-refractivity contribution is 14.1. The van der Waals surface area contributed by atoms with Crippen molar-refractivity contribution in [2.75, 3.05) is 11.1 Å². The molecule has 1 amide bonds. The van der Waals surface area contributed by atoms with Crippen molar-refractivity contribution in [1.82, 2.24) is 20.1 Å². The van der Waals surface area contributed by atoms with Gasteiger partial charge in [-0.3, -0.25) is 9.36 Å². The molecule has 7 nitrogen and oxygen atoms in total. The summed E-state index contributed by atoms with van der Waals surface area (Å²) in [5.74, 6) is 2.11. The van der Waals surface area contributed by atoms with Gasteiger partial charge in [-0.2, -0.15) is 0 Å². The molecule has 2 N–H and O–H groups in total. The van der Waals surface area contributed by atoms with Crippen LogP contribution in [0, 0.1) is 3.57 Å². The fourth-order valence-corrected chi connectivity index (χ4v) is 4.28. The van der Waals surface area contributed by atoms with Crippen LogP contribution in [-0.4, -0.2) is 26.4 Å². The minimum atomic E-state index is -0.0275. The van der Waals surface area contributed by atoms with E-state index in [1.54, 1.807) is 12.3 Å². The van der Waals surface area contributed by atoms with Crippen molar-refractivity contribution in [2.45, 2.75) is 24.7 Å². The molecule has 2 aromatic carbocycles. The summed E-state index contributed by atoms with van der Waals surface area (Å²) < 4.78 is 8.46. The number of carbonyl (C=O) groups excluding carboxylic acids is 1. The van der Waals surface area contributed by atoms with Gasteiger partial charge in [0, 0.05) is 27.1 Å². The average molecular weight is 559 g/mol. The van der Waals surface area contributed by atoms with E-state index in [4.69, 9.17) is 4.42 Å². The van der Waals surface area contributed by atoms with Gasteiger partial charge in [-0.1, -0.05) is 30.0 Å². The quantitative estimate of drug-likeness (QED) is 0.213. The Morgan fingerprint density at radius 1 is 1.00 bits per heavy atom. The van der Waals surface area contributed by atoms with Crippen LogP contribution in [0.3, 0.4) is 0 Å². The summed E-state index contributed by atoms with van der Waals surface area (Å²) in [6, 6.07) is 21.9. The normalized spacial score (nSPS) is 10.8. The van der Waals surface area contributed by atoms with E-state index in [1.165, 1.54) is 15.3 Å². The third-order valence-electron chi connectivity index (χ3n) is 4.61. The first-order chi connectivity index (χ1) is 15.7. The number of rotatable bonds is 10.